The summed E-state index contributed by atoms with van der Waals surface area (Å²) < 4.78 is 10.6. The van der Waals surface area contributed by atoms with E-state index in [1.165, 1.54) is 0 Å². The molecule has 0 aromatic heterocycles. The first kappa shape index (κ1) is 11.5. The summed E-state index contributed by atoms with van der Waals surface area (Å²) in [6.45, 7) is -0.869. The van der Waals surface area contributed by atoms with Crippen molar-refractivity contribution in [2.24, 2.45) is 0 Å². The van der Waals surface area contributed by atoms with Gasteiger partial charge in [0.25, 0.3) is 0 Å². The van der Waals surface area contributed by atoms with Gasteiger partial charge in [0.15, 0.2) is 25.1 Å². The molecule has 2 aliphatic carbocycles. The van der Waals surface area contributed by atoms with Crippen molar-refractivity contribution in [1.29, 1.82) is 0 Å². The predicted octanol–water partition coefficient (Wildman–Crippen LogP) is 2.40. The van der Waals surface area contributed by atoms with E-state index < -0.39 is 13.6 Å². The van der Waals surface area contributed by atoms with Crippen LogP contribution in [0.1, 0.15) is 22.3 Å². The summed E-state index contributed by atoms with van der Waals surface area (Å²) in [5, 5.41) is 20.4. The van der Waals surface area contributed by atoms with Gasteiger partial charge in [0.05, 0.1) is 0 Å². The molecule has 0 fully saturated rings. The molecule has 0 saturated carbocycles. The van der Waals surface area contributed by atoms with Gasteiger partial charge in [-0.15, -0.1) is 0 Å². The molecule has 0 saturated heterocycles. The third-order valence-corrected chi connectivity index (χ3v) is 3.78. The lowest BCUT2D eigenvalue weighted by Gasteiger charge is -2.09. The Labute approximate surface area is 115 Å². The lowest BCUT2D eigenvalue weighted by atomic mass is 9.98. The molecule has 4 heteroatoms. The van der Waals surface area contributed by atoms with E-state index in [-0.39, 0.29) is 0 Å². The molecule has 2 aliphatic rings. The molecule has 2 aromatic rings. The van der Waals surface area contributed by atoms with E-state index in [0.717, 1.165) is 33.0 Å². The minimum atomic E-state index is -0.435. The monoisotopic (exact) mass is 268 g/mol. The second-order valence-electron chi connectivity index (χ2n) is 4.69. The lowest BCUT2D eigenvalue weighted by molar-refractivity contribution is 0.0575. The van der Waals surface area contributed by atoms with E-state index in [1.807, 2.05) is 24.3 Å². The lowest BCUT2D eigenvalue weighted by Crippen LogP contribution is -1.97. The van der Waals surface area contributed by atoms with Gasteiger partial charge in [-0.1, -0.05) is 24.3 Å². The van der Waals surface area contributed by atoms with Crippen LogP contribution in [0.5, 0.6) is 0 Å². The summed E-state index contributed by atoms with van der Waals surface area (Å²) >= 11 is 0. The molecule has 0 bridgehead atoms. The zero-order valence-corrected chi connectivity index (χ0v) is 10.6. The van der Waals surface area contributed by atoms with Gasteiger partial charge in [0.1, 0.15) is 0 Å². The highest BCUT2D eigenvalue weighted by molar-refractivity contribution is 6.17. The maximum Gasteiger partial charge on any atom is 0.186 e. The second-order valence-corrected chi connectivity index (χ2v) is 4.69. The fourth-order valence-electron chi connectivity index (χ4n) is 3.05. The number of ether oxygens (including phenoxy) is 2. The molecule has 4 nitrogen and oxygen atoms in total. The zero-order chi connectivity index (χ0) is 13.7. The molecule has 100 valence electrons. The molecule has 0 unspecified atom stereocenters. The van der Waals surface area contributed by atoms with Gasteiger partial charge in [0.2, 0.25) is 0 Å². The number of hydrogen-bond donors (Lipinski definition) is 2. The van der Waals surface area contributed by atoms with E-state index in [0.29, 0.717) is 11.5 Å². The third kappa shape index (κ3) is 1.32. The van der Waals surface area contributed by atoms with Crippen LogP contribution in [-0.4, -0.2) is 23.8 Å². The van der Waals surface area contributed by atoms with Crippen LogP contribution in [0, 0.1) is 0 Å². The summed E-state index contributed by atoms with van der Waals surface area (Å²) in [7, 11) is 0. The van der Waals surface area contributed by atoms with E-state index in [9.17, 15) is 0 Å². The van der Waals surface area contributed by atoms with Gasteiger partial charge in [-0.05, 0) is 28.6 Å². The normalized spacial score (nSPS) is 14.5. The van der Waals surface area contributed by atoms with E-state index in [4.69, 9.17) is 19.7 Å². The van der Waals surface area contributed by atoms with Crippen LogP contribution < -0.4 is 0 Å². The number of benzene rings is 2. The molecular formula is C16H12O4. The fourth-order valence-corrected chi connectivity index (χ4v) is 3.05. The van der Waals surface area contributed by atoms with Crippen LogP contribution in [0.4, 0.5) is 0 Å². The Morgan fingerprint density at radius 2 is 1.20 bits per heavy atom. The van der Waals surface area contributed by atoms with E-state index in [2.05, 4.69) is 12.2 Å². The topological polar surface area (TPSA) is 58.9 Å². The zero-order valence-electron chi connectivity index (χ0n) is 10.6. The summed E-state index contributed by atoms with van der Waals surface area (Å²) in [5.74, 6) is 0.958. The van der Waals surface area contributed by atoms with Gasteiger partial charge in [-0.3, -0.25) is 0 Å². The first-order valence-electron chi connectivity index (χ1n) is 6.35. The van der Waals surface area contributed by atoms with Crippen LogP contribution in [0.15, 0.2) is 24.3 Å². The molecule has 0 heterocycles. The maximum absolute atomic E-state index is 9.08. The number of hydrogen-bond acceptors (Lipinski definition) is 4. The van der Waals surface area contributed by atoms with Crippen molar-refractivity contribution < 1.29 is 19.7 Å². The number of rotatable bonds is 4. The Bertz CT molecular complexity index is 726. The van der Waals surface area contributed by atoms with Crippen LogP contribution in [0.25, 0.3) is 34.4 Å². The van der Waals surface area contributed by atoms with Crippen molar-refractivity contribution in [2.75, 3.05) is 13.6 Å². The van der Waals surface area contributed by atoms with Crippen LogP contribution in [0.3, 0.4) is 0 Å². The third-order valence-electron chi connectivity index (χ3n) is 3.78. The molecule has 0 atom stereocenters. The Morgan fingerprint density at radius 3 is 1.65 bits per heavy atom. The Kier molecular flexibility index (Phi) is 2.36. The van der Waals surface area contributed by atoms with Crippen LogP contribution in [-0.2, 0) is 9.47 Å². The van der Waals surface area contributed by atoms with Crippen molar-refractivity contribution >= 4 is 34.4 Å². The van der Waals surface area contributed by atoms with Crippen molar-refractivity contribution in [1.82, 2.24) is 0 Å². The van der Waals surface area contributed by atoms with Gasteiger partial charge >= 0.3 is 0 Å². The average Bonchev–Trinajstić information content (AvgIpc) is 3.00. The second kappa shape index (κ2) is 4.10. The van der Waals surface area contributed by atoms with Gasteiger partial charge < -0.3 is 19.7 Å². The Morgan fingerprint density at radius 1 is 0.700 bits per heavy atom. The minimum Gasteiger partial charge on any atom is -0.463 e. The van der Waals surface area contributed by atoms with Gasteiger partial charge in [-0.25, -0.2) is 0 Å². The molecule has 4 rings (SSSR count). The molecule has 20 heavy (non-hydrogen) atoms. The number of aliphatic hydroxyl groups excluding tert-OH is 2. The smallest absolute Gasteiger partial charge is 0.186 e. The van der Waals surface area contributed by atoms with Gasteiger partial charge in [0, 0.05) is 16.5 Å². The minimum absolute atomic E-state index is 0.435. The number of aliphatic hydroxyl groups is 2. The first-order chi connectivity index (χ1) is 9.85. The largest absolute Gasteiger partial charge is 0.463 e. The molecule has 2 N–H and O–H groups in total. The molecular weight excluding hydrogens is 256 g/mol. The molecule has 0 aliphatic heterocycles. The fraction of sp³-hybridized carbons (Fsp3) is 0.125. The van der Waals surface area contributed by atoms with Crippen molar-refractivity contribution in [3.05, 3.63) is 46.5 Å². The average molecular weight is 268 g/mol. The van der Waals surface area contributed by atoms with Crippen molar-refractivity contribution in [3.8, 4) is 0 Å². The SMILES string of the molecule is OCOC1=C(OCO)c2ccc3c4c(ccc1c24)C=C3. The highest BCUT2D eigenvalue weighted by atomic mass is 16.6. The van der Waals surface area contributed by atoms with E-state index >= 15 is 0 Å². The van der Waals surface area contributed by atoms with Crippen LogP contribution >= 0.6 is 0 Å². The quantitative estimate of drug-likeness (QED) is 0.713. The highest BCUT2D eigenvalue weighted by Crippen LogP contribution is 2.46. The summed E-state index contributed by atoms with van der Waals surface area (Å²) in [4.78, 5) is 0. The Hall–Kier alpha value is -2.30. The standard InChI is InChI=1S/C16H12O4/c17-7-19-15-11-5-3-9-1-2-10-4-6-12(14(11)13(9)10)16(15)20-8-18/h1-6,17-18H,7-8H2. The van der Waals surface area contributed by atoms with E-state index in [1.54, 1.807) is 0 Å². The summed E-state index contributed by atoms with van der Waals surface area (Å²) in [5.41, 5.74) is 4.10. The van der Waals surface area contributed by atoms with Gasteiger partial charge in [-0.2, -0.15) is 0 Å². The summed E-state index contributed by atoms with van der Waals surface area (Å²) in [6.07, 6.45) is 4.16. The maximum atomic E-state index is 9.08. The molecule has 0 amide bonds. The summed E-state index contributed by atoms with van der Waals surface area (Å²) in [6, 6.07) is 7.97. The van der Waals surface area contributed by atoms with Crippen molar-refractivity contribution in [2.45, 2.75) is 0 Å². The van der Waals surface area contributed by atoms with Crippen molar-refractivity contribution in [3.63, 3.8) is 0 Å². The Balaban J connectivity index is 2.06. The van der Waals surface area contributed by atoms with Crippen LogP contribution in [0.2, 0.25) is 0 Å². The molecule has 2 aromatic carbocycles. The first-order valence-corrected chi connectivity index (χ1v) is 6.35. The highest BCUT2D eigenvalue weighted by Gasteiger charge is 2.29. The molecule has 0 spiro atoms. The predicted molar refractivity (Wildman–Crippen MR) is 76.0 cm³/mol. The molecule has 0 radical (unpaired) electrons.